The van der Waals surface area contributed by atoms with Crippen molar-refractivity contribution in [3.05, 3.63) is 28.4 Å². The van der Waals surface area contributed by atoms with Crippen LogP contribution in [-0.4, -0.2) is 52.4 Å². The van der Waals surface area contributed by atoms with Crippen molar-refractivity contribution in [3.8, 4) is 5.75 Å². The Morgan fingerprint density at radius 1 is 1.48 bits per heavy atom. The van der Waals surface area contributed by atoms with E-state index in [-0.39, 0.29) is 24.2 Å². The molecule has 9 heteroatoms. The van der Waals surface area contributed by atoms with Gasteiger partial charge in [-0.3, -0.25) is 9.59 Å². The highest BCUT2D eigenvalue weighted by molar-refractivity contribution is 5.85. The first-order valence-electron chi connectivity index (χ1n) is 7.14. The molecule has 2 amide bonds. The van der Waals surface area contributed by atoms with Crippen molar-refractivity contribution in [3.63, 3.8) is 0 Å². The van der Waals surface area contributed by atoms with E-state index in [2.05, 4.69) is 10.3 Å². The van der Waals surface area contributed by atoms with Crippen LogP contribution >= 0.6 is 0 Å². The van der Waals surface area contributed by atoms with Crippen molar-refractivity contribution >= 4 is 17.6 Å². The molecule has 0 spiro atoms. The zero-order valence-electron chi connectivity index (χ0n) is 13.3. The molecule has 1 rings (SSSR count). The van der Waals surface area contributed by atoms with Crippen LogP contribution in [0.5, 0.6) is 5.75 Å². The lowest BCUT2D eigenvalue weighted by Gasteiger charge is -2.21. The molecule has 0 saturated heterocycles. The molecular weight excluding hydrogens is 304 g/mol. The maximum atomic E-state index is 12.1. The molecule has 1 aromatic rings. The van der Waals surface area contributed by atoms with Crippen molar-refractivity contribution in [2.75, 3.05) is 19.7 Å². The van der Waals surface area contributed by atoms with Crippen LogP contribution in [0.1, 0.15) is 20.8 Å². The van der Waals surface area contributed by atoms with E-state index in [1.165, 1.54) is 23.2 Å². The second kappa shape index (κ2) is 8.66. The molecule has 0 bridgehead atoms. The van der Waals surface area contributed by atoms with Crippen LogP contribution in [0.15, 0.2) is 18.3 Å². The molecule has 0 aliphatic rings. The quantitative estimate of drug-likeness (QED) is 0.557. The minimum atomic E-state index is -0.687. The first-order chi connectivity index (χ1) is 10.8. The molecule has 0 radical (unpaired) electrons. The third kappa shape index (κ3) is 5.89. The van der Waals surface area contributed by atoms with E-state index in [4.69, 9.17) is 4.74 Å². The van der Waals surface area contributed by atoms with E-state index in [1.54, 1.807) is 6.92 Å². The summed E-state index contributed by atoms with van der Waals surface area (Å²) in [5, 5.41) is 13.5. The molecule has 0 aromatic carbocycles. The molecule has 0 fully saturated rings. The Balaban J connectivity index is 2.64. The Hall–Kier alpha value is -2.71. The average molecular weight is 324 g/mol. The Bertz CT molecular complexity index is 576. The molecule has 0 aliphatic heterocycles. The molecule has 1 heterocycles. The van der Waals surface area contributed by atoms with Crippen molar-refractivity contribution in [1.82, 2.24) is 15.2 Å². The Kier molecular flexibility index (Phi) is 6.91. The fourth-order valence-corrected chi connectivity index (χ4v) is 1.78. The smallest absolute Gasteiger partial charge is 0.406 e. The summed E-state index contributed by atoms with van der Waals surface area (Å²) in [4.78, 5) is 38.8. The van der Waals surface area contributed by atoms with Gasteiger partial charge in [0.15, 0.2) is 6.61 Å². The van der Waals surface area contributed by atoms with E-state index in [1.807, 2.05) is 13.8 Å². The van der Waals surface area contributed by atoms with Gasteiger partial charge in [0.1, 0.15) is 6.20 Å². The van der Waals surface area contributed by atoms with Gasteiger partial charge in [0.2, 0.25) is 11.7 Å². The summed E-state index contributed by atoms with van der Waals surface area (Å²) in [7, 11) is 0. The van der Waals surface area contributed by atoms with Gasteiger partial charge < -0.3 is 25.1 Å². The van der Waals surface area contributed by atoms with Crippen LogP contribution in [0.2, 0.25) is 0 Å². The molecular formula is C14H20N4O5. The highest BCUT2D eigenvalue weighted by Crippen LogP contribution is 2.22. The average Bonchev–Trinajstić information content (AvgIpc) is 2.49. The number of hydrogen-bond donors (Lipinski definition) is 1. The zero-order chi connectivity index (χ0) is 17.4. The van der Waals surface area contributed by atoms with Gasteiger partial charge in [-0.2, -0.15) is 0 Å². The molecule has 1 aromatic heterocycles. The molecule has 9 nitrogen and oxygen atoms in total. The number of carbonyl (C=O) groups excluding carboxylic acids is 2. The fraction of sp³-hybridized carbons (Fsp3) is 0.500. The minimum absolute atomic E-state index is 0.0226. The fourth-order valence-electron chi connectivity index (χ4n) is 1.78. The molecule has 126 valence electrons. The normalized spacial score (nSPS) is 10.3. The number of carbonyl (C=O) groups is 2. The molecule has 1 N–H and O–H groups in total. The number of hydrogen-bond acceptors (Lipinski definition) is 6. The number of aromatic nitrogens is 1. The summed E-state index contributed by atoms with van der Waals surface area (Å²) in [6.07, 6.45) is 1.27. The summed E-state index contributed by atoms with van der Waals surface area (Å²) in [6.45, 7) is 5.19. The summed E-state index contributed by atoms with van der Waals surface area (Å²) < 4.78 is 5.18. The number of likely N-dealkylation sites (N-methyl/N-ethyl adjacent to an activating group) is 1. The van der Waals surface area contributed by atoms with Crippen molar-refractivity contribution in [2.45, 2.75) is 26.8 Å². The highest BCUT2D eigenvalue weighted by atomic mass is 16.6. The number of nitrogens with one attached hydrogen (secondary N) is 1. The third-order valence-corrected chi connectivity index (χ3v) is 2.79. The van der Waals surface area contributed by atoms with Crippen LogP contribution in [-0.2, 0) is 9.59 Å². The van der Waals surface area contributed by atoms with Gasteiger partial charge in [-0.05, 0) is 42.8 Å². The molecule has 23 heavy (non-hydrogen) atoms. The van der Waals surface area contributed by atoms with E-state index < -0.39 is 23.3 Å². The molecule has 0 aliphatic carbocycles. The van der Waals surface area contributed by atoms with Crippen molar-refractivity contribution < 1.29 is 19.2 Å². The summed E-state index contributed by atoms with van der Waals surface area (Å²) in [5.41, 5.74) is 0. The summed E-state index contributed by atoms with van der Waals surface area (Å²) >= 11 is 0. The molecule has 0 saturated carbocycles. The SMILES string of the molecule is CCN(CC(=O)NC(C)C)C(=O)COc1cccnc1[N+](=O)[O-]. The van der Waals surface area contributed by atoms with Crippen LogP contribution in [0, 0.1) is 10.1 Å². The summed E-state index contributed by atoms with van der Waals surface area (Å²) in [6, 6.07) is 2.81. The van der Waals surface area contributed by atoms with Gasteiger partial charge in [0, 0.05) is 12.6 Å². The van der Waals surface area contributed by atoms with E-state index in [0.717, 1.165) is 0 Å². The van der Waals surface area contributed by atoms with E-state index >= 15 is 0 Å². The largest absolute Gasteiger partial charge is 0.476 e. The maximum Gasteiger partial charge on any atom is 0.406 e. The van der Waals surface area contributed by atoms with E-state index in [9.17, 15) is 19.7 Å². The van der Waals surface area contributed by atoms with Gasteiger partial charge in [-0.1, -0.05) is 0 Å². The predicted molar refractivity (Wildman–Crippen MR) is 81.9 cm³/mol. The standard InChI is InChI=1S/C14H20N4O5/c1-4-17(8-12(19)16-10(2)3)13(20)9-23-11-6-5-7-15-14(11)18(21)22/h5-7,10H,4,8-9H2,1-3H3,(H,16,19). The van der Waals surface area contributed by atoms with Gasteiger partial charge >= 0.3 is 5.82 Å². The van der Waals surface area contributed by atoms with E-state index in [0.29, 0.717) is 6.54 Å². The van der Waals surface area contributed by atoms with Crippen molar-refractivity contribution in [2.24, 2.45) is 0 Å². The first-order valence-corrected chi connectivity index (χ1v) is 7.14. The molecule has 0 atom stereocenters. The number of nitro groups is 1. The monoisotopic (exact) mass is 324 g/mol. The minimum Gasteiger partial charge on any atom is -0.476 e. The summed E-state index contributed by atoms with van der Waals surface area (Å²) in [5.74, 6) is -1.26. The van der Waals surface area contributed by atoms with Gasteiger partial charge in [-0.25, -0.2) is 0 Å². The maximum absolute atomic E-state index is 12.1. The van der Waals surface area contributed by atoms with Crippen molar-refractivity contribution in [1.29, 1.82) is 0 Å². The van der Waals surface area contributed by atoms with Crippen LogP contribution in [0.25, 0.3) is 0 Å². The van der Waals surface area contributed by atoms with Crippen LogP contribution in [0.4, 0.5) is 5.82 Å². The lowest BCUT2D eigenvalue weighted by molar-refractivity contribution is -0.390. The predicted octanol–water partition coefficient (Wildman–Crippen LogP) is 0.742. The van der Waals surface area contributed by atoms with Crippen LogP contribution < -0.4 is 10.1 Å². The zero-order valence-corrected chi connectivity index (χ0v) is 13.3. The molecule has 0 unspecified atom stereocenters. The Morgan fingerprint density at radius 2 is 2.17 bits per heavy atom. The second-order valence-electron chi connectivity index (χ2n) is 5.00. The third-order valence-electron chi connectivity index (χ3n) is 2.79. The van der Waals surface area contributed by atoms with Gasteiger partial charge in [0.25, 0.3) is 5.91 Å². The second-order valence-corrected chi connectivity index (χ2v) is 5.00. The number of ether oxygens (including phenoxy) is 1. The Morgan fingerprint density at radius 3 is 2.74 bits per heavy atom. The lowest BCUT2D eigenvalue weighted by atomic mass is 10.3. The number of rotatable bonds is 8. The number of nitrogens with zero attached hydrogens (tertiary/aromatic N) is 3. The first kappa shape index (κ1) is 18.3. The topological polar surface area (TPSA) is 115 Å². The van der Waals surface area contributed by atoms with Crippen LogP contribution in [0.3, 0.4) is 0 Å². The number of pyridine rings is 1. The number of amides is 2. The van der Waals surface area contributed by atoms with Gasteiger partial charge in [-0.15, -0.1) is 0 Å². The lowest BCUT2D eigenvalue weighted by Crippen LogP contribution is -2.44. The Labute approximate surface area is 133 Å². The highest BCUT2D eigenvalue weighted by Gasteiger charge is 2.20. The van der Waals surface area contributed by atoms with Gasteiger partial charge in [0.05, 0.1) is 6.54 Å².